The number of carbonyl (C=O) groups is 3. The SMILES string of the molecule is Cc1cc(C(=O)COC(=O)C2CCN(C(=O)c3ccco3)CC2)c(C)n1-c1ccc2c(c1)OCCO2. The van der Waals surface area contributed by atoms with Gasteiger partial charge in [0.1, 0.15) is 13.2 Å². The zero-order valence-electron chi connectivity index (χ0n) is 20.3. The number of furan rings is 1. The second-order valence-electron chi connectivity index (χ2n) is 9.02. The van der Waals surface area contributed by atoms with Crippen molar-refractivity contribution in [2.45, 2.75) is 26.7 Å². The molecule has 188 valence electrons. The minimum Gasteiger partial charge on any atom is -0.486 e. The van der Waals surface area contributed by atoms with Crippen molar-refractivity contribution in [3.8, 4) is 17.2 Å². The first-order chi connectivity index (χ1) is 17.4. The molecule has 9 nitrogen and oxygen atoms in total. The summed E-state index contributed by atoms with van der Waals surface area (Å²) in [6.07, 6.45) is 2.43. The number of aryl methyl sites for hydroxylation is 1. The van der Waals surface area contributed by atoms with Gasteiger partial charge in [0.25, 0.3) is 5.91 Å². The average Bonchev–Trinajstić information content (AvgIpc) is 3.54. The predicted molar refractivity (Wildman–Crippen MR) is 129 cm³/mol. The van der Waals surface area contributed by atoms with Gasteiger partial charge in [-0.3, -0.25) is 14.4 Å². The number of benzene rings is 1. The number of hydrogen-bond donors (Lipinski definition) is 0. The van der Waals surface area contributed by atoms with Gasteiger partial charge in [-0.15, -0.1) is 0 Å². The van der Waals surface area contributed by atoms with Crippen LogP contribution >= 0.6 is 0 Å². The number of amides is 1. The number of nitrogens with zero attached hydrogens (tertiary/aromatic N) is 2. The Labute approximate surface area is 208 Å². The highest BCUT2D eigenvalue weighted by atomic mass is 16.6. The number of ketones is 1. The number of likely N-dealkylation sites (tertiary alicyclic amines) is 1. The first-order valence-electron chi connectivity index (χ1n) is 12.0. The van der Waals surface area contributed by atoms with Gasteiger partial charge in [0.05, 0.1) is 12.2 Å². The number of fused-ring (bicyclic) bond motifs is 1. The highest BCUT2D eigenvalue weighted by molar-refractivity contribution is 5.99. The number of piperidine rings is 1. The third-order valence-electron chi connectivity index (χ3n) is 6.71. The van der Waals surface area contributed by atoms with Crippen molar-refractivity contribution in [3.05, 3.63) is 65.4 Å². The normalized spacial score (nSPS) is 15.6. The first kappa shape index (κ1) is 23.7. The van der Waals surface area contributed by atoms with E-state index in [2.05, 4.69) is 0 Å². The molecule has 1 fully saturated rings. The molecule has 3 aromatic rings. The topological polar surface area (TPSA) is 100 Å². The van der Waals surface area contributed by atoms with Crippen molar-refractivity contribution >= 4 is 17.7 Å². The number of rotatable bonds is 6. The van der Waals surface area contributed by atoms with Crippen molar-refractivity contribution in [2.75, 3.05) is 32.9 Å². The van der Waals surface area contributed by atoms with Crippen molar-refractivity contribution in [3.63, 3.8) is 0 Å². The summed E-state index contributed by atoms with van der Waals surface area (Å²) < 4.78 is 23.8. The molecular weight excluding hydrogens is 464 g/mol. The summed E-state index contributed by atoms with van der Waals surface area (Å²) in [6.45, 7) is 5.35. The van der Waals surface area contributed by atoms with Crippen LogP contribution in [0.1, 0.15) is 45.1 Å². The van der Waals surface area contributed by atoms with Crippen LogP contribution < -0.4 is 9.47 Å². The van der Waals surface area contributed by atoms with E-state index >= 15 is 0 Å². The van der Waals surface area contributed by atoms with Crippen LogP contribution in [0.25, 0.3) is 5.69 Å². The van der Waals surface area contributed by atoms with Gasteiger partial charge in [-0.2, -0.15) is 0 Å². The minimum absolute atomic E-state index is 0.185. The van der Waals surface area contributed by atoms with Gasteiger partial charge in [-0.25, -0.2) is 0 Å². The van der Waals surface area contributed by atoms with Gasteiger partial charge in [-0.05, 0) is 57.0 Å². The summed E-state index contributed by atoms with van der Waals surface area (Å²) >= 11 is 0. The third kappa shape index (κ3) is 4.60. The zero-order chi connectivity index (χ0) is 25.2. The molecule has 1 amide bonds. The highest BCUT2D eigenvalue weighted by Crippen LogP contribution is 2.33. The van der Waals surface area contributed by atoms with E-state index in [9.17, 15) is 14.4 Å². The van der Waals surface area contributed by atoms with Gasteiger partial charge in [0.15, 0.2) is 23.9 Å². The second-order valence-corrected chi connectivity index (χ2v) is 9.02. The zero-order valence-corrected chi connectivity index (χ0v) is 20.3. The van der Waals surface area contributed by atoms with Crippen molar-refractivity contribution in [1.29, 1.82) is 0 Å². The molecular formula is C27H28N2O7. The van der Waals surface area contributed by atoms with E-state index in [-0.39, 0.29) is 30.0 Å². The maximum atomic E-state index is 13.0. The standard InChI is InChI=1S/C27H28N2O7/c1-17-14-21(18(2)29(17)20-5-6-23-25(15-20)35-13-12-34-23)22(30)16-36-27(32)19-7-9-28(10-8-19)26(31)24-4-3-11-33-24/h3-6,11,14-15,19H,7-10,12-13,16H2,1-2H3. The first-order valence-corrected chi connectivity index (χ1v) is 12.0. The molecule has 9 heteroatoms. The number of aromatic nitrogens is 1. The number of ether oxygens (including phenoxy) is 3. The fraction of sp³-hybridized carbons (Fsp3) is 0.370. The van der Waals surface area contributed by atoms with E-state index in [1.165, 1.54) is 6.26 Å². The van der Waals surface area contributed by atoms with E-state index in [1.807, 2.05) is 36.6 Å². The highest BCUT2D eigenvalue weighted by Gasteiger charge is 2.30. The van der Waals surface area contributed by atoms with Crippen molar-refractivity contribution in [1.82, 2.24) is 9.47 Å². The second kappa shape index (κ2) is 9.93. The summed E-state index contributed by atoms with van der Waals surface area (Å²) in [7, 11) is 0. The van der Waals surface area contributed by atoms with Crippen LogP contribution in [0.5, 0.6) is 11.5 Å². The fourth-order valence-electron chi connectivity index (χ4n) is 4.82. The molecule has 0 saturated carbocycles. The smallest absolute Gasteiger partial charge is 0.309 e. The Hall–Kier alpha value is -4.01. The lowest BCUT2D eigenvalue weighted by atomic mass is 9.97. The monoisotopic (exact) mass is 492 g/mol. The van der Waals surface area contributed by atoms with Crippen LogP contribution in [0.15, 0.2) is 47.1 Å². The lowest BCUT2D eigenvalue weighted by Gasteiger charge is -2.30. The molecule has 2 aliphatic rings. The molecule has 1 saturated heterocycles. The van der Waals surface area contributed by atoms with E-state index in [0.717, 1.165) is 17.1 Å². The number of hydrogen-bond acceptors (Lipinski definition) is 7. The van der Waals surface area contributed by atoms with Crippen LogP contribution in [-0.2, 0) is 9.53 Å². The average molecular weight is 493 g/mol. The Bertz CT molecular complexity index is 1280. The molecule has 0 atom stereocenters. The van der Waals surface area contributed by atoms with E-state index in [4.69, 9.17) is 18.6 Å². The van der Waals surface area contributed by atoms with Crippen molar-refractivity contribution < 1.29 is 33.0 Å². The molecule has 2 aliphatic heterocycles. The van der Waals surface area contributed by atoms with Crippen LogP contribution in [-0.4, -0.2) is 60.0 Å². The molecule has 4 heterocycles. The Morgan fingerprint density at radius 3 is 2.47 bits per heavy atom. The lowest BCUT2D eigenvalue weighted by molar-refractivity contribution is -0.148. The maximum Gasteiger partial charge on any atom is 0.309 e. The largest absolute Gasteiger partial charge is 0.486 e. The van der Waals surface area contributed by atoms with Gasteiger partial charge in [0, 0.05) is 41.8 Å². The quantitative estimate of drug-likeness (QED) is 0.382. The fourth-order valence-corrected chi connectivity index (χ4v) is 4.82. The summed E-state index contributed by atoms with van der Waals surface area (Å²) in [4.78, 5) is 39.7. The summed E-state index contributed by atoms with van der Waals surface area (Å²) in [5.74, 6) is 0.464. The molecule has 1 aromatic carbocycles. The number of Topliss-reactive ketones (excluding diaryl/α,β-unsaturated/α-hetero) is 1. The molecule has 2 aromatic heterocycles. The molecule has 0 unspecified atom stereocenters. The minimum atomic E-state index is -0.408. The molecule has 5 rings (SSSR count). The van der Waals surface area contributed by atoms with E-state index in [0.29, 0.717) is 56.2 Å². The molecule has 0 bridgehead atoms. The van der Waals surface area contributed by atoms with Crippen molar-refractivity contribution in [2.24, 2.45) is 5.92 Å². The summed E-state index contributed by atoms with van der Waals surface area (Å²) in [5, 5.41) is 0. The van der Waals surface area contributed by atoms with Gasteiger partial charge < -0.3 is 28.1 Å². The van der Waals surface area contributed by atoms with Crippen LogP contribution in [0, 0.1) is 19.8 Å². The lowest BCUT2D eigenvalue weighted by Crippen LogP contribution is -2.40. The Morgan fingerprint density at radius 1 is 1.00 bits per heavy atom. The van der Waals surface area contributed by atoms with E-state index in [1.54, 1.807) is 23.1 Å². The number of carbonyl (C=O) groups excluding carboxylic acids is 3. The Morgan fingerprint density at radius 2 is 1.75 bits per heavy atom. The molecule has 0 radical (unpaired) electrons. The van der Waals surface area contributed by atoms with Gasteiger partial charge in [0.2, 0.25) is 5.78 Å². The summed E-state index contributed by atoms with van der Waals surface area (Å²) in [5.41, 5.74) is 3.01. The van der Waals surface area contributed by atoms with Crippen LogP contribution in [0.2, 0.25) is 0 Å². The van der Waals surface area contributed by atoms with E-state index < -0.39 is 5.97 Å². The third-order valence-corrected chi connectivity index (χ3v) is 6.71. The van der Waals surface area contributed by atoms with Gasteiger partial charge >= 0.3 is 5.97 Å². The van der Waals surface area contributed by atoms with Crippen LogP contribution in [0.3, 0.4) is 0 Å². The Kier molecular flexibility index (Phi) is 6.54. The van der Waals surface area contributed by atoms with Crippen LogP contribution in [0.4, 0.5) is 0 Å². The number of esters is 1. The van der Waals surface area contributed by atoms with Gasteiger partial charge in [-0.1, -0.05) is 0 Å². The summed E-state index contributed by atoms with van der Waals surface area (Å²) in [6, 6.07) is 10.8. The molecule has 0 aliphatic carbocycles. The predicted octanol–water partition coefficient (Wildman–Crippen LogP) is 3.74. The molecule has 36 heavy (non-hydrogen) atoms. The molecule has 0 N–H and O–H groups in total. The maximum absolute atomic E-state index is 13.0. The Balaban J connectivity index is 1.19. The molecule has 0 spiro atoms.